The minimum Gasteiger partial charge on any atom is -0.378 e. The van der Waals surface area contributed by atoms with Crippen LogP contribution in [-0.2, 0) is 6.54 Å². The van der Waals surface area contributed by atoms with Crippen LogP contribution in [0.1, 0.15) is 52.4 Å². The fourth-order valence-electron chi connectivity index (χ4n) is 5.36. The Hall–Kier alpha value is -2.59. The molecule has 1 saturated heterocycles. The third-order valence-corrected chi connectivity index (χ3v) is 7.35. The molecule has 0 spiro atoms. The van der Waals surface area contributed by atoms with Gasteiger partial charge >= 0.3 is 0 Å². The molecule has 33 heavy (non-hydrogen) atoms. The van der Waals surface area contributed by atoms with Crippen molar-refractivity contribution >= 4 is 16.6 Å². The van der Waals surface area contributed by atoms with E-state index in [1.165, 1.54) is 32.2 Å². The maximum atomic E-state index is 13.6. The van der Waals surface area contributed by atoms with Crippen molar-refractivity contribution in [1.82, 2.24) is 9.47 Å². The lowest BCUT2D eigenvalue weighted by atomic mass is 9.97. The summed E-state index contributed by atoms with van der Waals surface area (Å²) in [5.41, 5.74) is 4.02. The van der Waals surface area contributed by atoms with E-state index in [2.05, 4.69) is 60.0 Å². The topological polar surface area (TPSA) is 28.5 Å². The highest BCUT2D eigenvalue weighted by atomic mass is 16.1. The average Bonchev–Trinajstić information content (AvgIpc) is 2.81. The van der Waals surface area contributed by atoms with Crippen molar-refractivity contribution < 1.29 is 0 Å². The molecule has 1 aromatic heterocycles. The molecule has 0 N–H and O–H groups in total. The summed E-state index contributed by atoms with van der Waals surface area (Å²) in [6, 6.07) is 20.0. The lowest BCUT2D eigenvalue weighted by Gasteiger charge is -2.39. The zero-order chi connectivity index (χ0) is 23.4. The molecule has 4 rings (SSSR count). The molecule has 1 aliphatic heterocycles. The molecule has 4 heteroatoms. The van der Waals surface area contributed by atoms with Gasteiger partial charge in [0, 0.05) is 44.0 Å². The molecule has 0 amide bonds. The summed E-state index contributed by atoms with van der Waals surface area (Å²) < 4.78 is 2.00. The minimum atomic E-state index is 0.114. The predicted molar refractivity (Wildman–Crippen MR) is 141 cm³/mol. The van der Waals surface area contributed by atoms with Gasteiger partial charge < -0.3 is 9.47 Å². The van der Waals surface area contributed by atoms with Crippen molar-refractivity contribution in [2.24, 2.45) is 0 Å². The molecule has 176 valence electrons. The number of fused-ring (bicyclic) bond motifs is 1. The van der Waals surface area contributed by atoms with Gasteiger partial charge in [-0.05, 0) is 81.3 Å². The number of rotatable bonds is 8. The quantitative estimate of drug-likeness (QED) is 0.388. The first-order chi connectivity index (χ1) is 16.0. The van der Waals surface area contributed by atoms with Gasteiger partial charge in [-0.2, -0.15) is 0 Å². The Kier molecular flexibility index (Phi) is 7.54. The van der Waals surface area contributed by atoms with E-state index in [9.17, 15) is 4.79 Å². The van der Waals surface area contributed by atoms with E-state index in [1.807, 2.05) is 36.9 Å². The summed E-state index contributed by atoms with van der Waals surface area (Å²) in [6.07, 6.45) is 7.40. The van der Waals surface area contributed by atoms with Gasteiger partial charge in [0.25, 0.3) is 5.56 Å². The fourth-order valence-corrected chi connectivity index (χ4v) is 5.36. The smallest absolute Gasteiger partial charge is 0.258 e. The molecule has 3 aromatic rings. The number of hydrogen-bond acceptors (Lipinski definition) is 3. The van der Waals surface area contributed by atoms with Gasteiger partial charge in [0.1, 0.15) is 0 Å². The van der Waals surface area contributed by atoms with Crippen LogP contribution < -0.4 is 10.5 Å². The number of pyridine rings is 1. The number of para-hydroxylation sites is 1. The maximum absolute atomic E-state index is 13.6. The fraction of sp³-hybridized carbons (Fsp3) is 0.483. The number of hydrogen-bond donors (Lipinski definition) is 0. The van der Waals surface area contributed by atoms with E-state index >= 15 is 0 Å². The van der Waals surface area contributed by atoms with Crippen LogP contribution in [0.4, 0.5) is 5.69 Å². The second-order valence-electron chi connectivity index (χ2n) is 9.95. The van der Waals surface area contributed by atoms with E-state index in [4.69, 9.17) is 0 Å². The summed E-state index contributed by atoms with van der Waals surface area (Å²) >= 11 is 0. The zero-order valence-electron chi connectivity index (χ0n) is 20.8. The van der Waals surface area contributed by atoms with Crippen LogP contribution in [0.3, 0.4) is 0 Å². The first kappa shape index (κ1) is 23.6. The summed E-state index contributed by atoms with van der Waals surface area (Å²) in [5, 5.41) is 1.12. The summed E-state index contributed by atoms with van der Waals surface area (Å²) in [7, 11) is 4.06. The number of unbranched alkanes of at least 4 members (excludes halogenated alkanes) is 2. The van der Waals surface area contributed by atoms with Gasteiger partial charge in [-0.3, -0.25) is 9.69 Å². The van der Waals surface area contributed by atoms with Crippen LogP contribution in [0.2, 0.25) is 0 Å². The number of nitrogens with zero attached hydrogens (tertiary/aromatic N) is 3. The molecule has 0 aliphatic carbocycles. The Morgan fingerprint density at radius 3 is 2.36 bits per heavy atom. The number of aryl methyl sites for hydroxylation is 1. The molecule has 1 fully saturated rings. The minimum absolute atomic E-state index is 0.114. The molecule has 2 unspecified atom stereocenters. The highest BCUT2D eigenvalue weighted by molar-refractivity contribution is 5.84. The lowest BCUT2D eigenvalue weighted by Crippen LogP contribution is -2.44. The third-order valence-electron chi connectivity index (χ3n) is 7.35. The molecule has 4 nitrogen and oxygen atoms in total. The van der Waals surface area contributed by atoms with Crippen LogP contribution >= 0.6 is 0 Å². The van der Waals surface area contributed by atoms with Crippen molar-refractivity contribution in [1.29, 1.82) is 0 Å². The van der Waals surface area contributed by atoms with Gasteiger partial charge in [0.2, 0.25) is 0 Å². The van der Waals surface area contributed by atoms with E-state index in [-0.39, 0.29) is 5.56 Å². The Morgan fingerprint density at radius 2 is 1.61 bits per heavy atom. The molecule has 1 aliphatic rings. The summed E-state index contributed by atoms with van der Waals surface area (Å²) in [4.78, 5) is 18.4. The molecule has 0 radical (unpaired) electrons. The van der Waals surface area contributed by atoms with Crippen LogP contribution in [0.25, 0.3) is 22.0 Å². The first-order valence-electron chi connectivity index (χ1n) is 12.6. The number of aromatic nitrogens is 1. The van der Waals surface area contributed by atoms with Crippen molar-refractivity contribution in [3.63, 3.8) is 0 Å². The Balaban J connectivity index is 1.52. The van der Waals surface area contributed by atoms with Crippen molar-refractivity contribution in [3.05, 3.63) is 65.0 Å². The zero-order valence-corrected chi connectivity index (χ0v) is 20.8. The Morgan fingerprint density at radius 1 is 0.879 bits per heavy atom. The molecule has 0 bridgehead atoms. The largest absolute Gasteiger partial charge is 0.378 e. The van der Waals surface area contributed by atoms with Gasteiger partial charge in [0.05, 0.1) is 5.52 Å². The SMILES string of the molecule is CC1CCCC(C)N1CCCCCn1c(=O)c(-c2cccc(N(C)C)c2)cc2ccccc21. The first-order valence-corrected chi connectivity index (χ1v) is 12.6. The van der Waals surface area contributed by atoms with Crippen LogP contribution in [0.5, 0.6) is 0 Å². The van der Waals surface area contributed by atoms with Gasteiger partial charge in [-0.25, -0.2) is 0 Å². The van der Waals surface area contributed by atoms with Gasteiger partial charge in [-0.15, -0.1) is 0 Å². The van der Waals surface area contributed by atoms with E-state index < -0.39 is 0 Å². The summed E-state index contributed by atoms with van der Waals surface area (Å²) in [5.74, 6) is 0. The highest BCUT2D eigenvalue weighted by Gasteiger charge is 2.23. The highest BCUT2D eigenvalue weighted by Crippen LogP contribution is 2.25. The van der Waals surface area contributed by atoms with Crippen LogP contribution in [0, 0.1) is 0 Å². The van der Waals surface area contributed by atoms with Gasteiger partial charge in [-0.1, -0.05) is 43.2 Å². The van der Waals surface area contributed by atoms with Gasteiger partial charge in [0.15, 0.2) is 0 Å². The van der Waals surface area contributed by atoms with Crippen molar-refractivity contribution in [3.8, 4) is 11.1 Å². The standard InChI is InChI=1S/C29H39N3O/c1-22-12-10-13-23(2)31(22)18-8-5-9-19-32-28-17-7-6-14-25(28)21-27(29(32)33)24-15-11-16-26(20-24)30(3)4/h6-7,11,14-17,20-23H,5,8-10,12-13,18-19H2,1-4H3. The van der Waals surface area contributed by atoms with Crippen LogP contribution in [0.15, 0.2) is 59.4 Å². The number of anilines is 1. The molecule has 0 saturated carbocycles. The predicted octanol–water partition coefficient (Wildman–Crippen LogP) is 6.17. The van der Waals surface area contributed by atoms with Crippen molar-refractivity contribution in [2.45, 2.75) is 71.0 Å². The second-order valence-corrected chi connectivity index (χ2v) is 9.95. The summed E-state index contributed by atoms with van der Waals surface area (Å²) in [6.45, 7) is 6.69. The third kappa shape index (κ3) is 5.33. The monoisotopic (exact) mass is 445 g/mol. The average molecular weight is 446 g/mol. The number of likely N-dealkylation sites (tertiary alicyclic amines) is 1. The molecule has 2 atom stereocenters. The molecule has 2 aromatic carbocycles. The molecular weight excluding hydrogens is 406 g/mol. The Bertz CT molecular complexity index is 1120. The van der Waals surface area contributed by atoms with E-state index in [1.54, 1.807) is 0 Å². The maximum Gasteiger partial charge on any atom is 0.258 e. The normalized spacial score (nSPS) is 19.2. The van der Waals surface area contributed by atoms with Crippen LogP contribution in [-0.4, -0.2) is 42.2 Å². The number of benzene rings is 2. The number of piperidine rings is 1. The molecule has 2 heterocycles. The van der Waals surface area contributed by atoms with E-state index in [0.717, 1.165) is 47.1 Å². The Labute approximate surface area is 198 Å². The lowest BCUT2D eigenvalue weighted by molar-refractivity contribution is 0.101. The second kappa shape index (κ2) is 10.6. The van der Waals surface area contributed by atoms with E-state index in [0.29, 0.717) is 12.1 Å². The molecular formula is C29H39N3O. The van der Waals surface area contributed by atoms with Crippen molar-refractivity contribution in [2.75, 3.05) is 25.5 Å².